The molecular formula is C4H2N6Se2. The molecular weight excluding hydrogens is 290 g/mol. The molecule has 0 spiro atoms. The predicted molar refractivity (Wildman–Crippen MR) is 44.5 cm³/mol. The van der Waals surface area contributed by atoms with Crippen LogP contribution >= 0.6 is 0 Å². The van der Waals surface area contributed by atoms with Gasteiger partial charge in [0, 0.05) is 0 Å². The Hall–Kier alpha value is -0.681. The molecule has 0 saturated heterocycles. The molecule has 2 aromatic rings. The van der Waals surface area contributed by atoms with Gasteiger partial charge in [-0.3, -0.25) is 0 Å². The second kappa shape index (κ2) is 2.40. The molecule has 0 amide bonds. The van der Waals surface area contributed by atoms with Crippen molar-refractivity contribution in [2.75, 3.05) is 10.6 Å². The van der Waals surface area contributed by atoms with Crippen LogP contribution in [-0.2, 0) is 0 Å². The standard InChI is InChI=1S/C4H2N6Se2/c5-1-2(8-11-7-1)6-4-3(5)9-12-10-4/h(H,5,7,9)(H,6,8,10). The van der Waals surface area contributed by atoms with E-state index in [1.807, 2.05) is 0 Å². The van der Waals surface area contributed by atoms with Gasteiger partial charge in [0.05, 0.1) is 0 Å². The summed E-state index contributed by atoms with van der Waals surface area (Å²) < 4.78 is 16.8. The summed E-state index contributed by atoms with van der Waals surface area (Å²) in [5.74, 6) is 3.24. The SMILES string of the molecule is n1[se]nc2c1Nc1n[se]nc1N2. The van der Waals surface area contributed by atoms with E-state index in [4.69, 9.17) is 0 Å². The molecule has 1 aliphatic rings. The van der Waals surface area contributed by atoms with E-state index in [1.54, 1.807) is 0 Å². The van der Waals surface area contributed by atoms with Crippen LogP contribution in [0.5, 0.6) is 0 Å². The van der Waals surface area contributed by atoms with Crippen molar-refractivity contribution in [2.24, 2.45) is 0 Å². The first-order valence-corrected chi connectivity index (χ1v) is 6.19. The molecule has 6 nitrogen and oxygen atoms in total. The molecule has 0 radical (unpaired) electrons. The van der Waals surface area contributed by atoms with Crippen LogP contribution in [0.1, 0.15) is 0 Å². The van der Waals surface area contributed by atoms with E-state index >= 15 is 0 Å². The minimum atomic E-state index is -0.00440. The van der Waals surface area contributed by atoms with E-state index in [1.165, 1.54) is 0 Å². The molecule has 2 N–H and O–H groups in total. The average Bonchev–Trinajstić information content (AvgIpc) is 2.64. The van der Waals surface area contributed by atoms with Crippen LogP contribution in [0, 0.1) is 0 Å². The zero-order valence-electron chi connectivity index (χ0n) is 5.61. The zero-order valence-corrected chi connectivity index (χ0v) is 9.03. The van der Waals surface area contributed by atoms with Crippen LogP contribution in [0.4, 0.5) is 23.3 Å². The number of anilines is 4. The van der Waals surface area contributed by atoms with Gasteiger partial charge in [-0.25, -0.2) is 0 Å². The maximum atomic E-state index is 4.19. The average molecular weight is 292 g/mol. The second-order valence-electron chi connectivity index (χ2n) is 2.17. The van der Waals surface area contributed by atoms with E-state index < -0.39 is 0 Å². The molecule has 0 unspecified atom stereocenters. The van der Waals surface area contributed by atoms with E-state index in [-0.39, 0.29) is 29.9 Å². The quantitative estimate of drug-likeness (QED) is 0.527. The van der Waals surface area contributed by atoms with Gasteiger partial charge in [0.2, 0.25) is 0 Å². The number of aromatic nitrogens is 4. The molecule has 0 saturated carbocycles. The fourth-order valence-electron chi connectivity index (χ4n) is 0.929. The number of nitrogens with zero attached hydrogens (tertiary/aromatic N) is 4. The third kappa shape index (κ3) is 0.864. The van der Waals surface area contributed by atoms with Crippen molar-refractivity contribution in [2.45, 2.75) is 0 Å². The van der Waals surface area contributed by atoms with Crippen molar-refractivity contribution in [1.82, 2.24) is 15.9 Å². The van der Waals surface area contributed by atoms with E-state index in [0.29, 0.717) is 0 Å². The summed E-state index contributed by atoms with van der Waals surface area (Å²) in [5.41, 5.74) is 0. The van der Waals surface area contributed by atoms with Crippen molar-refractivity contribution < 1.29 is 0 Å². The predicted octanol–water partition coefficient (Wildman–Crippen LogP) is -0.819. The van der Waals surface area contributed by atoms with E-state index in [0.717, 1.165) is 23.3 Å². The summed E-state index contributed by atoms with van der Waals surface area (Å²) in [5, 5.41) is 6.17. The molecule has 0 atom stereocenters. The topological polar surface area (TPSA) is 75.6 Å². The van der Waals surface area contributed by atoms with Crippen molar-refractivity contribution in [3.05, 3.63) is 0 Å². The van der Waals surface area contributed by atoms with Crippen LogP contribution in [0.3, 0.4) is 0 Å². The summed E-state index contributed by atoms with van der Waals surface area (Å²) in [6.45, 7) is 0. The Kier molecular flexibility index (Phi) is 1.36. The Morgan fingerprint density at radius 2 is 1.00 bits per heavy atom. The summed E-state index contributed by atoms with van der Waals surface area (Å²) in [6.07, 6.45) is 0. The van der Waals surface area contributed by atoms with Gasteiger partial charge in [-0.05, 0) is 0 Å². The van der Waals surface area contributed by atoms with Crippen molar-refractivity contribution in [3.63, 3.8) is 0 Å². The fraction of sp³-hybridized carbons (Fsp3) is 0. The van der Waals surface area contributed by atoms with Crippen LogP contribution in [-0.4, -0.2) is 45.8 Å². The Morgan fingerprint density at radius 3 is 1.33 bits per heavy atom. The molecule has 60 valence electrons. The van der Waals surface area contributed by atoms with Crippen molar-refractivity contribution >= 4 is 53.2 Å². The van der Waals surface area contributed by atoms with Crippen molar-refractivity contribution in [1.29, 1.82) is 0 Å². The number of fused-ring (bicyclic) bond motifs is 2. The Balaban J connectivity index is 2.15. The number of hydrogen-bond acceptors (Lipinski definition) is 6. The molecule has 0 aromatic carbocycles. The van der Waals surface area contributed by atoms with Gasteiger partial charge in [0.1, 0.15) is 0 Å². The summed E-state index contributed by atoms with van der Waals surface area (Å²) in [6, 6.07) is 0. The zero-order chi connectivity index (χ0) is 7.97. The third-order valence-electron chi connectivity index (χ3n) is 1.45. The van der Waals surface area contributed by atoms with Crippen LogP contribution in [0.15, 0.2) is 0 Å². The van der Waals surface area contributed by atoms with Gasteiger partial charge in [0.15, 0.2) is 0 Å². The van der Waals surface area contributed by atoms with Gasteiger partial charge in [-0.1, -0.05) is 0 Å². The van der Waals surface area contributed by atoms with Crippen LogP contribution in [0.25, 0.3) is 0 Å². The summed E-state index contributed by atoms with van der Waals surface area (Å²) >= 11 is -0.00880. The van der Waals surface area contributed by atoms with Gasteiger partial charge in [0.25, 0.3) is 0 Å². The monoisotopic (exact) mass is 294 g/mol. The first kappa shape index (κ1) is 6.79. The first-order chi connectivity index (χ1) is 5.93. The van der Waals surface area contributed by atoms with Crippen LogP contribution < -0.4 is 10.6 Å². The number of hydrogen-bond donors (Lipinski definition) is 2. The van der Waals surface area contributed by atoms with Gasteiger partial charge in [-0.2, -0.15) is 0 Å². The van der Waals surface area contributed by atoms with Gasteiger partial charge >= 0.3 is 79.7 Å². The molecule has 0 bridgehead atoms. The first-order valence-electron chi connectivity index (χ1n) is 3.12. The molecule has 1 aliphatic heterocycles. The summed E-state index contributed by atoms with van der Waals surface area (Å²) in [7, 11) is 0. The Morgan fingerprint density at radius 1 is 0.667 bits per heavy atom. The van der Waals surface area contributed by atoms with Gasteiger partial charge in [-0.15, -0.1) is 0 Å². The molecule has 12 heavy (non-hydrogen) atoms. The molecule has 8 heteroatoms. The fourth-order valence-corrected chi connectivity index (χ4v) is 2.89. The third-order valence-corrected chi connectivity index (χ3v) is 3.67. The van der Waals surface area contributed by atoms with Crippen molar-refractivity contribution in [3.8, 4) is 0 Å². The maximum absolute atomic E-state index is 4.19. The second-order valence-corrected chi connectivity index (χ2v) is 4.39. The molecule has 3 heterocycles. The van der Waals surface area contributed by atoms with E-state index in [2.05, 4.69) is 26.6 Å². The molecule has 0 aliphatic carbocycles. The number of rotatable bonds is 0. The molecule has 0 fully saturated rings. The molecule has 3 rings (SSSR count). The van der Waals surface area contributed by atoms with E-state index in [9.17, 15) is 0 Å². The van der Waals surface area contributed by atoms with Crippen LogP contribution in [0.2, 0.25) is 0 Å². The number of nitrogens with one attached hydrogen (secondary N) is 2. The van der Waals surface area contributed by atoms with Gasteiger partial charge < -0.3 is 0 Å². The Bertz CT molecular complexity index is 345. The summed E-state index contributed by atoms with van der Waals surface area (Å²) in [4.78, 5) is 0. The normalized spacial score (nSPS) is 12.7. The minimum absolute atomic E-state index is 0.00440. The Labute approximate surface area is 79.9 Å². The molecule has 2 aromatic heterocycles.